The van der Waals surface area contributed by atoms with Gasteiger partial charge in [0.2, 0.25) is 5.91 Å². The van der Waals surface area contributed by atoms with Crippen LogP contribution in [0.15, 0.2) is 24.3 Å². The lowest BCUT2D eigenvalue weighted by Crippen LogP contribution is -2.44. The molecule has 1 aromatic carbocycles. The van der Waals surface area contributed by atoms with E-state index in [4.69, 9.17) is 4.74 Å². The summed E-state index contributed by atoms with van der Waals surface area (Å²) in [7, 11) is 0. The number of rotatable bonds is 8. The van der Waals surface area contributed by atoms with E-state index in [9.17, 15) is 9.90 Å². The lowest BCUT2D eigenvalue weighted by molar-refractivity contribution is -0.123. The predicted octanol–water partition coefficient (Wildman–Crippen LogP) is 2.53. The van der Waals surface area contributed by atoms with Crippen LogP contribution in [-0.4, -0.2) is 47.8 Å². The second-order valence-electron chi connectivity index (χ2n) is 7.03. The maximum atomic E-state index is 12.4. The Labute approximate surface area is 145 Å². The maximum absolute atomic E-state index is 12.4. The van der Waals surface area contributed by atoms with Gasteiger partial charge in [0.1, 0.15) is 5.75 Å². The molecule has 0 bridgehead atoms. The molecule has 1 amide bonds. The van der Waals surface area contributed by atoms with Crippen molar-refractivity contribution in [1.29, 1.82) is 0 Å². The van der Waals surface area contributed by atoms with Gasteiger partial charge in [0.15, 0.2) is 0 Å². The molecule has 0 radical (unpaired) electrons. The Morgan fingerprint density at radius 3 is 2.75 bits per heavy atom. The minimum absolute atomic E-state index is 0.0182. The molecule has 5 heteroatoms. The number of aromatic hydroxyl groups is 1. The minimum atomic E-state index is 0.0182. The molecule has 2 N–H and O–H groups in total. The van der Waals surface area contributed by atoms with E-state index < -0.39 is 0 Å². The van der Waals surface area contributed by atoms with Crippen molar-refractivity contribution in [3.05, 3.63) is 29.8 Å². The zero-order valence-corrected chi connectivity index (χ0v) is 15.0. The Kier molecular flexibility index (Phi) is 7.06. The summed E-state index contributed by atoms with van der Waals surface area (Å²) in [5.74, 6) is 0.689. The molecule has 2 atom stereocenters. The van der Waals surface area contributed by atoms with Crippen molar-refractivity contribution in [3.63, 3.8) is 0 Å². The Morgan fingerprint density at radius 1 is 1.38 bits per heavy atom. The van der Waals surface area contributed by atoms with Gasteiger partial charge in [0, 0.05) is 31.3 Å². The number of nitrogens with one attached hydrogen (secondary N) is 1. The summed E-state index contributed by atoms with van der Waals surface area (Å²) in [5.41, 5.74) is 0.834. The number of hydrogen-bond donors (Lipinski definition) is 2. The molecule has 1 aliphatic heterocycles. The van der Waals surface area contributed by atoms with E-state index in [2.05, 4.69) is 24.1 Å². The Morgan fingerprint density at radius 2 is 2.12 bits per heavy atom. The predicted molar refractivity (Wildman–Crippen MR) is 94.8 cm³/mol. The van der Waals surface area contributed by atoms with Crippen molar-refractivity contribution in [3.8, 4) is 5.75 Å². The highest BCUT2D eigenvalue weighted by Crippen LogP contribution is 2.20. The third-order valence-electron chi connectivity index (χ3n) is 4.63. The number of carbonyl (C=O) groups excluding carboxylic acids is 1. The number of phenols is 1. The van der Waals surface area contributed by atoms with Crippen LogP contribution in [0, 0.1) is 5.92 Å². The number of phenolic OH excluding ortho intramolecular Hbond substituents is 1. The summed E-state index contributed by atoms with van der Waals surface area (Å²) in [6.45, 7) is 8.56. The van der Waals surface area contributed by atoms with Crippen molar-refractivity contribution in [2.75, 3.05) is 19.7 Å². The smallest absolute Gasteiger partial charge is 0.234 e. The van der Waals surface area contributed by atoms with Gasteiger partial charge in [-0.3, -0.25) is 9.69 Å². The molecule has 5 nitrogen and oxygen atoms in total. The maximum Gasteiger partial charge on any atom is 0.234 e. The van der Waals surface area contributed by atoms with Crippen molar-refractivity contribution < 1.29 is 14.6 Å². The average Bonchev–Trinajstić information content (AvgIpc) is 3.02. The van der Waals surface area contributed by atoms with E-state index in [1.54, 1.807) is 12.1 Å². The molecule has 1 aromatic rings. The second-order valence-corrected chi connectivity index (χ2v) is 7.03. The quantitative estimate of drug-likeness (QED) is 0.767. The molecular weight excluding hydrogens is 304 g/mol. The van der Waals surface area contributed by atoms with Gasteiger partial charge in [0.05, 0.1) is 12.6 Å². The topological polar surface area (TPSA) is 61.8 Å². The number of nitrogens with zero attached hydrogens (tertiary/aromatic N) is 1. The largest absolute Gasteiger partial charge is 0.508 e. The number of amides is 1. The summed E-state index contributed by atoms with van der Waals surface area (Å²) in [6.07, 6.45) is 2.28. The van der Waals surface area contributed by atoms with Crippen molar-refractivity contribution >= 4 is 5.91 Å². The molecule has 1 fully saturated rings. The van der Waals surface area contributed by atoms with Crippen LogP contribution in [0.1, 0.15) is 39.2 Å². The third-order valence-corrected chi connectivity index (χ3v) is 4.63. The standard InChI is InChI=1S/C19H30N2O3/c1-14(2)15(3)20-19(23)13-21(12-17-8-6-10-24-17)11-16-7-4-5-9-18(16)22/h4-5,7,9,14-15,17,22H,6,8,10-13H2,1-3H3,(H,20,23)/t15-,17+/m0/s1. The molecule has 0 aliphatic carbocycles. The third kappa shape index (κ3) is 5.80. The molecule has 1 aliphatic rings. The van der Waals surface area contributed by atoms with Gasteiger partial charge in [-0.15, -0.1) is 0 Å². The van der Waals surface area contributed by atoms with Crippen LogP contribution in [0.4, 0.5) is 0 Å². The summed E-state index contributed by atoms with van der Waals surface area (Å²) < 4.78 is 5.72. The van der Waals surface area contributed by atoms with Crippen LogP contribution in [-0.2, 0) is 16.1 Å². The van der Waals surface area contributed by atoms with Gasteiger partial charge in [-0.25, -0.2) is 0 Å². The minimum Gasteiger partial charge on any atom is -0.508 e. The van der Waals surface area contributed by atoms with Crippen molar-refractivity contribution in [2.45, 2.75) is 52.3 Å². The molecule has 134 valence electrons. The highest BCUT2D eigenvalue weighted by Gasteiger charge is 2.22. The number of para-hydroxylation sites is 1. The summed E-state index contributed by atoms with van der Waals surface area (Å²) in [5, 5.41) is 13.1. The fourth-order valence-corrected chi connectivity index (χ4v) is 2.82. The molecule has 1 heterocycles. The Balaban J connectivity index is 1.99. The number of hydrogen-bond acceptors (Lipinski definition) is 4. The van der Waals surface area contributed by atoms with Gasteiger partial charge in [-0.05, 0) is 31.7 Å². The van der Waals surface area contributed by atoms with Crippen LogP contribution < -0.4 is 5.32 Å². The van der Waals surface area contributed by atoms with E-state index in [-0.39, 0.29) is 23.8 Å². The van der Waals surface area contributed by atoms with Crippen LogP contribution in [0.25, 0.3) is 0 Å². The van der Waals surface area contributed by atoms with E-state index in [1.807, 2.05) is 19.1 Å². The van der Waals surface area contributed by atoms with Crippen LogP contribution >= 0.6 is 0 Å². The van der Waals surface area contributed by atoms with E-state index in [0.717, 1.165) is 25.0 Å². The van der Waals surface area contributed by atoms with Crippen LogP contribution in [0.5, 0.6) is 5.75 Å². The van der Waals surface area contributed by atoms with Crippen LogP contribution in [0.3, 0.4) is 0 Å². The fourth-order valence-electron chi connectivity index (χ4n) is 2.82. The fraction of sp³-hybridized carbons (Fsp3) is 0.632. The first-order chi connectivity index (χ1) is 11.5. The molecule has 24 heavy (non-hydrogen) atoms. The van der Waals surface area contributed by atoms with Crippen molar-refractivity contribution in [2.24, 2.45) is 5.92 Å². The zero-order chi connectivity index (χ0) is 17.5. The Bertz CT molecular complexity index is 527. The van der Waals surface area contributed by atoms with Gasteiger partial charge in [-0.1, -0.05) is 32.0 Å². The van der Waals surface area contributed by atoms with E-state index in [1.165, 1.54) is 0 Å². The van der Waals surface area contributed by atoms with Crippen LogP contribution in [0.2, 0.25) is 0 Å². The lowest BCUT2D eigenvalue weighted by atomic mass is 10.1. The normalized spacial score (nSPS) is 19.0. The first-order valence-corrected chi connectivity index (χ1v) is 8.86. The summed E-state index contributed by atoms with van der Waals surface area (Å²) in [4.78, 5) is 14.4. The molecule has 1 saturated heterocycles. The molecule has 0 aromatic heterocycles. The van der Waals surface area contributed by atoms with Crippen molar-refractivity contribution in [1.82, 2.24) is 10.2 Å². The molecule has 0 unspecified atom stereocenters. The number of ether oxygens (including phenoxy) is 1. The first kappa shape index (κ1) is 18.7. The van der Waals surface area contributed by atoms with E-state index >= 15 is 0 Å². The highest BCUT2D eigenvalue weighted by molar-refractivity contribution is 5.78. The molecule has 0 saturated carbocycles. The molecule has 0 spiro atoms. The molecular formula is C19H30N2O3. The van der Waals surface area contributed by atoms with Gasteiger partial charge >= 0.3 is 0 Å². The summed E-state index contributed by atoms with van der Waals surface area (Å²) in [6, 6.07) is 7.43. The lowest BCUT2D eigenvalue weighted by Gasteiger charge is -2.26. The van der Waals surface area contributed by atoms with E-state index in [0.29, 0.717) is 25.6 Å². The zero-order valence-electron chi connectivity index (χ0n) is 15.0. The monoisotopic (exact) mass is 334 g/mol. The SMILES string of the molecule is CC(C)[C@H](C)NC(=O)CN(Cc1ccccc1O)C[C@H]1CCCO1. The van der Waals surface area contributed by atoms with Gasteiger partial charge in [-0.2, -0.15) is 0 Å². The van der Waals surface area contributed by atoms with Gasteiger partial charge in [0.25, 0.3) is 0 Å². The summed E-state index contributed by atoms with van der Waals surface area (Å²) >= 11 is 0. The number of benzene rings is 1. The number of carbonyl (C=O) groups is 1. The molecule has 2 rings (SSSR count). The first-order valence-electron chi connectivity index (χ1n) is 8.86. The Hall–Kier alpha value is -1.59. The highest BCUT2D eigenvalue weighted by atomic mass is 16.5. The second kappa shape index (κ2) is 9.04. The average molecular weight is 334 g/mol. The van der Waals surface area contributed by atoms with Gasteiger partial charge < -0.3 is 15.2 Å².